The van der Waals surface area contributed by atoms with Gasteiger partial charge in [0.25, 0.3) is 5.56 Å². The highest BCUT2D eigenvalue weighted by Crippen LogP contribution is 2.29. The van der Waals surface area contributed by atoms with E-state index in [1.54, 1.807) is 6.07 Å². The first kappa shape index (κ1) is 18.8. The van der Waals surface area contributed by atoms with E-state index in [0.717, 1.165) is 11.3 Å². The van der Waals surface area contributed by atoms with Gasteiger partial charge in [-0.2, -0.15) is 0 Å². The molecule has 2 N–H and O–H groups in total. The quantitative estimate of drug-likeness (QED) is 0.714. The average Bonchev–Trinajstić information content (AvgIpc) is 2.61. The second kappa shape index (κ2) is 7.74. The Balaban J connectivity index is 1.62. The van der Waals surface area contributed by atoms with Crippen molar-refractivity contribution in [3.8, 4) is 0 Å². The first-order valence-corrected chi connectivity index (χ1v) is 9.22. The predicted molar refractivity (Wildman–Crippen MR) is 109 cm³/mol. The molecule has 3 aromatic rings. The topological polar surface area (TPSA) is 74.8 Å². The minimum absolute atomic E-state index is 0.0326. The lowest BCUT2D eigenvalue weighted by molar-refractivity contribution is -0.116. The van der Waals surface area contributed by atoms with E-state index in [-0.39, 0.29) is 16.9 Å². The number of fused-ring (bicyclic) bond motifs is 1. The van der Waals surface area contributed by atoms with Crippen molar-refractivity contribution in [3.05, 3.63) is 70.3 Å². The lowest BCUT2D eigenvalue weighted by atomic mass is 9.86. The Labute approximate surface area is 158 Å². The first-order valence-electron chi connectivity index (χ1n) is 9.22. The molecule has 0 bridgehead atoms. The summed E-state index contributed by atoms with van der Waals surface area (Å²) in [5.41, 5.74) is 2.46. The Hall–Kier alpha value is -2.95. The van der Waals surface area contributed by atoms with E-state index in [2.05, 4.69) is 36.1 Å². The minimum Gasteiger partial charge on any atom is -0.326 e. The summed E-state index contributed by atoms with van der Waals surface area (Å²) < 4.78 is 0. The lowest BCUT2D eigenvalue weighted by Crippen LogP contribution is -2.18. The van der Waals surface area contributed by atoms with Crippen molar-refractivity contribution in [2.75, 3.05) is 5.32 Å². The SMILES string of the molecule is CC(C)(C)c1ccccc1NC(=O)CCCc1nc2ccccc2c(=O)[nH]1. The summed E-state index contributed by atoms with van der Waals surface area (Å²) in [5.74, 6) is 0.580. The van der Waals surface area contributed by atoms with Crippen LogP contribution in [0.1, 0.15) is 45.0 Å². The molecule has 140 valence electrons. The molecule has 0 fully saturated rings. The van der Waals surface area contributed by atoms with Crippen LogP contribution in [-0.2, 0) is 16.6 Å². The van der Waals surface area contributed by atoms with Crippen LogP contribution in [0, 0.1) is 0 Å². The Kier molecular flexibility index (Phi) is 5.40. The van der Waals surface area contributed by atoms with Crippen LogP contribution >= 0.6 is 0 Å². The van der Waals surface area contributed by atoms with E-state index in [9.17, 15) is 9.59 Å². The number of amides is 1. The molecule has 27 heavy (non-hydrogen) atoms. The Morgan fingerprint density at radius 1 is 1.07 bits per heavy atom. The van der Waals surface area contributed by atoms with E-state index in [1.165, 1.54) is 0 Å². The van der Waals surface area contributed by atoms with E-state index in [0.29, 0.717) is 36.0 Å². The van der Waals surface area contributed by atoms with Crippen molar-refractivity contribution in [1.82, 2.24) is 9.97 Å². The third-order valence-corrected chi connectivity index (χ3v) is 4.49. The van der Waals surface area contributed by atoms with Crippen molar-refractivity contribution >= 4 is 22.5 Å². The summed E-state index contributed by atoms with van der Waals surface area (Å²) >= 11 is 0. The van der Waals surface area contributed by atoms with Crippen LogP contribution in [0.25, 0.3) is 10.9 Å². The fraction of sp³-hybridized carbons (Fsp3) is 0.318. The number of carbonyl (C=O) groups is 1. The Morgan fingerprint density at radius 3 is 2.56 bits per heavy atom. The van der Waals surface area contributed by atoms with Gasteiger partial charge in [0.05, 0.1) is 10.9 Å². The van der Waals surface area contributed by atoms with Crippen molar-refractivity contribution in [2.24, 2.45) is 0 Å². The molecule has 1 amide bonds. The third-order valence-electron chi connectivity index (χ3n) is 4.49. The number of nitrogens with one attached hydrogen (secondary N) is 2. The molecule has 5 heteroatoms. The summed E-state index contributed by atoms with van der Waals surface area (Å²) in [7, 11) is 0. The predicted octanol–water partition coefficient (Wildman–Crippen LogP) is 4.18. The number of H-pyrrole nitrogens is 1. The maximum atomic E-state index is 12.4. The van der Waals surface area contributed by atoms with Gasteiger partial charge in [0.1, 0.15) is 5.82 Å². The number of hydrogen-bond acceptors (Lipinski definition) is 3. The molecule has 0 aliphatic heterocycles. The first-order chi connectivity index (χ1) is 12.8. The van der Waals surface area contributed by atoms with Gasteiger partial charge in [0.2, 0.25) is 5.91 Å². The number of carbonyl (C=O) groups excluding carboxylic acids is 1. The zero-order chi connectivity index (χ0) is 19.4. The molecular weight excluding hydrogens is 338 g/mol. The molecular formula is C22H25N3O2. The maximum Gasteiger partial charge on any atom is 0.258 e. The second-order valence-corrected chi connectivity index (χ2v) is 7.73. The largest absolute Gasteiger partial charge is 0.326 e. The second-order valence-electron chi connectivity index (χ2n) is 7.73. The zero-order valence-electron chi connectivity index (χ0n) is 16.0. The van der Waals surface area contributed by atoms with Gasteiger partial charge in [-0.3, -0.25) is 9.59 Å². The molecule has 0 saturated heterocycles. The number of aromatic nitrogens is 2. The number of anilines is 1. The standard InChI is InChI=1S/C22H25N3O2/c1-22(2,3)16-10-5-7-12-18(16)24-20(26)14-8-13-19-23-17-11-6-4-9-15(17)21(27)25-19/h4-7,9-12H,8,13-14H2,1-3H3,(H,24,26)(H,23,25,27). The van der Waals surface area contributed by atoms with E-state index >= 15 is 0 Å². The highest BCUT2D eigenvalue weighted by Gasteiger charge is 2.18. The molecule has 0 radical (unpaired) electrons. The van der Waals surface area contributed by atoms with Gasteiger partial charge in [-0.1, -0.05) is 51.1 Å². The maximum absolute atomic E-state index is 12.4. The summed E-state index contributed by atoms with van der Waals surface area (Å²) in [6.45, 7) is 6.37. The van der Waals surface area contributed by atoms with Crippen molar-refractivity contribution in [2.45, 2.75) is 45.4 Å². The molecule has 0 atom stereocenters. The number of aryl methyl sites for hydroxylation is 1. The fourth-order valence-corrected chi connectivity index (χ4v) is 3.13. The summed E-state index contributed by atoms with van der Waals surface area (Å²) in [6, 6.07) is 15.1. The van der Waals surface area contributed by atoms with Gasteiger partial charge < -0.3 is 10.3 Å². The van der Waals surface area contributed by atoms with Crippen molar-refractivity contribution < 1.29 is 4.79 Å². The number of para-hydroxylation sites is 2. The van der Waals surface area contributed by atoms with Crippen molar-refractivity contribution in [3.63, 3.8) is 0 Å². The third kappa shape index (κ3) is 4.61. The van der Waals surface area contributed by atoms with Gasteiger partial charge >= 0.3 is 0 Å². The molecule has 1 heterocycles. The monoisotopic (exact) mass is 363 g/mol. The molecule has 0 aliphatic carbocycles. The smallest absolute Gasteiger partial charge is 0.258 e. The van der Waals surface area contributed by atoms with E-state index in [4.69, 9.17) is 0 Å². The van der Waals surface area contributed by atoms with E-state index in [1.807, 2.05) is 42.5 Å². The van der Waals surface area contributed by atoms with E-state index < -0.39 is 0 Å². The molecule has 3 rings (SSSR count). The van der Waals surface area contributed by atoms with Gasteiger partial charge in [0, 0.05) is 18.5 Å². The van der Waals surface area contributed by atoms with Gasteiger partial charge in [-0.25, -0.2) is 4.98 Å². The summed E-state index contributed by atoms with van der Waals surface area (Å²) in [5, 5.41) is 3.59. The summed E-state index contributed by atoms with van der Waals surface area (Å²) in [6.07, 6.45) is 1.54. The molecule has 2 aromatic carbocycles. The zero-order valence-corrected chi connectivity index (χ0v) is 16.0. The normalized spacial score (nSPS) is 11.5. The number of rotatable bonds is 5. The van der Waals surface area contributed by atoms with Crippen LogP contribution in [0.3, 0.4) is 0 Å². The highest BCUT2D eigenvalue weighted by molar-refractivity contribution is 5.91. The van der Waals surface area contributed by atoms with Gasteiger partial charge in [-0.15, -0.1) is 0 Å². The number of aromatic amines is 1. The fourth-order valence-electron chi connectivity index (χ4n) is 3.13. The molecule has 0 unspecified atom stereocenters. The van der Waals surface area contributed by atoms with Crippen LogP contribution in [0.15, 0.2) is 53.3 Å². The number of hydrogen-bond donors (Lipinski definition) is 2. The molecule has 1 aromatic heterocycles. The molecule has 0 spiro atoms. The minimum atomic E-state index is -0.140. The molecule has 0 saturated carbocycles. The number of benzene rings is 2. The average molecular weight is 363 g/mol. The van der Waals surface area contributed by atoms with Gasteiger partial charge in [0.15, 0.2) is 0 Å². The molecule has 5 nitrogen and oxygen atoms in total. The summed E-state index contributed by atoms with van der Waals surface area (Å²) in [4.78, 5) is 31.7. The Morgan fingerprint density at radius 2 is 1.78 bits per heavy atom. The van der Waals surface area contributed by atoms with Crippen LogP contribution in [-0.4, -0.2) is 15.9 Å². The lowest BCUT2D eigenvalue weighted by Gasteiger charge is -2.23. The highest BCUT2D eigenvalue weighted by atomic mass is 16.1. The van der Waals surface area contributed by atoms with Crippen LogP contribution in [0.4, 0.5) is 5.69 Å². The van der Waals surface area contributed by atoms with Crippen LogP contribution in [0.2, 0.25) is 0 Å². The van der Waals surface area contributed by atoms with Crippen LogP contribution < -0.4 is 10.9 Å². The van der Waals surface area contributed by atoms with Crippen LogP contribution in [0.5, 0.6) is 0 Å². The number of nitrogens with zero attached hydrogens (tertiary/aromatic N) is 1. The molecule has 0 aliphatic rings. The van der Waals surface area contributed by atoms with Crippen molar-refractivity contribution in [1.29, 1.82) is 0 Å². The Bertz CT molecular complexity index is 1020. The van der Waals surface area contributed by atoms with Gasteiger partial charge in [-0.05, 0) is 35.6 Å².